The standard InChI is InChI=1S/C22H32Cl2FN9O2/c1-2-12-10-32(11-16(23)30-17(19(26)27)21(29)35)7-8-34(12)13-3-5-33(6-4-13)22(36)14-9-15(25)18(24)31-20(14)28/h9,12-13H,2-8,10-11,26-27H2,1H3,(H2,28,31)(H2,29,35). The maximum Gasteiger partial charge on any atom is 0.271 e. The molecule has 1 aromatic heterocycles. The minimum Gasteiger partial charge on any atom is -0.384 e. The van der Waals surface area contributed by atoms with Crippen molar-refractivity contribution >= 4 is 46.0 Å². The summed E-state index contributed by atoms with van der Waals surface area (Å²) in [7, 11) is 0. The lowest BCUT2D eigenvalue weighted by molar-refractivity contribution is -0.114. The number of hydrogen-bond donors (Lipinski definition) is 4. The molecule has 0 saturated carbocycles. The fourth-order valence-corrected chi connectivity index (χ4v) is 5.15. The second kappa shape index (κ2) is 12.0. The first kappa shape index (κ1) is 27.9. The molecule has 1 unspecified atom stereocenters. The molecule has 1 aromatic rings. The number of carbonyl (C=O) groups excluding carboxylic acids is 2. The number of nitrogen functional groups attached to an aromatic ring is 1. The molecule has 36 heavy (non-hydrogen) atoms. The van der Waals surface area contributed by atoms with Crippen molar-refractivity contribution in [3.63, 3.8) is 0 Å². The van der Waals surface area contributed by atoms with Crippen LogP contribution in [0.25, 0.3) is 0 Å². The van der Waals surface area contributed by atoms with Gasteiger partial charge in [0.1, 0.15) is 16.8 Å². The SMILES string of the molecule is CCC1CN(CC(Cl)=NC(C(N)=O)=C(N)N)CCN1C1CCN(C(=O)c2cc(F)c(Cl)nc2N)CC1. The zero-order chi connectivity index (χ0) is 26.6. The Morgan fingerprint density at radius 3 is 2.44 bits per heavy atom. The Balaban J connectivity index is 1.58. The van der Waals surface area contributed by atoms with Crippen molar-refractivity contribution in [3.8, 4) is 0 Å². The molecular formula is C22H32Cl2FN9O2. The Morgan fingerprint density at radius 1 is 1.19 bits per heavy atom. The van der Waals surface area contributed by atoms with Crippen LogP contribution in [-0.4, -0.2) is 88.0 Å². The highest BCUT2D eigenvalue weighted by atomic mass is 35.5. The second-order valence-electron chi connectivity index (χ2n) is 8.91. The minimum absolute atomic E-state index is 0.0275. The van der Waals surface area contributed by atoms with Gasteiger partial charge in [-0.1, -0.05) is 30.1 Å². The second-order valence-corrected chi connectivity index (χ2v) is 9.70. The van der Waals surface area contributed by atoms with Crippen molar-refractivity contribution < 1.29 is 14.0 Å². The van der Waals surface area contributed by atoms with Crippen LogP contribution in [0.4, 0.5) is 10.2 Å². The van der Waals surface area contributed by atoms with Crippen LogP contribution < -0.4 is 22.9 Å². The van der Waals surface area contributed by atoms with Crippen molar-refractivity contribution in [2.24, 2.45) is 22.2 Å². The summed E-state index contributed by atoms with van der Waals surface area (Å²) in [5.41, 5.74) is 21.8. The number of amides is 2. The van der Waals surface area contributed by atoms with Crippen LogP contribution in [-0.2, 0) is 4.79 Å². The van der Waals surface area contributed by atoms with Crippen molar-refractivity contribution in [1.29, 1.82) is 0 Å². The van der Waals surface area contributed by atoms with E-state index in [0.29, 0.717) is 25.7 Å². The van der Waals surface area contributed by atoms with Crippen molar-refractivity contribution in [2.45, 2.75) is 38.3 Å². The number of hydrogen-bond acceptors (Lipinski definition) is 9. The van der Waals surface area contributed by atoms with Gasteiger partial charge in [-0.15, -0.1) is 0 Å². The summed E-state index contributed by atoms with van der Waals surface area (Å²) in [5.74, 6) is -2.31. The third kappa shape index (κ3) is 6.55. The van der Waals surface area contributed by atoms with Crippen LogP contribution in [0.15, 0.2) is 22.6 Å². The lowest BCUT2D eigenvalue weighted by Crippen LogP contribution is -2.59. The molecule has 198 valence electrons. The number of primary amides is 1. The van der Waals surface area contributed by atoms with Gasteiger partial charge in [-0.2, -0.15) is 0 Å². The number of aromatic nitrogens is 1. The largest absolute Gasteiger partial charge is 0.384 e. The van der Waals surface area contributed by atoms with E-state index in [1.165, 1.54) is 0 Å². The highest BCUT2D eigenvalue weighted by Crippen LogP contribution is 2.26. The molecule has 0 aliphatic carbocycles. The maximum atomic E-state index is 13.8. The van der Waals surface area contributed by atoms with Crippen LogP contribution >= 0.6 is 23.2 Å². The molecule has 0 bridgehead atoms. The maximum absolute atomic E-state index is 13.8. The number of piperazine rings is 1. The van der Waals surface area contributed by atoms with Gasteiger partial charge in [-0.05, 0) is 25.3 Å². The Bertz CT molecular complexity index is 1060. The number of carbonyl (C=O) groups is 2. The predicted octanol–water partition coefficient (Wildman–Crippen LogP) is 0.666. The first-order valence-electron chi connectivity index (χ1n) is 11.7. The molecule has 1 atom stereocenters. The molecule has 0 spiro atoms. The van der Waals surface area contributed by atoms with Gasteiger partial charge in [-0.3, -0.25) is 19.4 Å². The lowest BCUT2D eigenvalue weighted by atomic mass is 9.97. The summed E-state index contributed by atoms with van der Waals surface area (Å²) in [6.07, 6.45) is 2.51. The minimum atomic E-state index is -0.839. The number of likely N-dealkylation sites (tertiary alicyclic amines) is 1. The van der Waals surface area contributed by atoms with E-state index in [0.717, 1.165) is 45.0 Å². The fraction of sp³-hybridized carbons (Fsp3) is 0.545. The number of nitrogens with zero attached hydrogens (tertiary/aromatic N) is 5. The van der Waals surface area contributed by atoms with Crippen molar-refractivity contribution in [1.82, 2.24) is 19.7 Å². The normalized spacial score (nSPS) is 20.4. The van der Waals surface area contributed by atoms with Gasteiger partial charge in [0.25, 0.3) is 11.8 Å². The average molecular weight is 544 g/mol. The molecule has 3 rings (SSSR count). The van der Waals surface area contributed by atoms with Gasteiger partial charge in [0.2, 0.25) is 0 Å². The number of nitrogens with two attached hydrogens (primary N) is 4. The van der Waals surface area contributed by atoms with E-state index in [4.69, 9.17) is 46.1 Å². The van der Waals surface area contributed by atoms with E-state index in [1.807, 2.05) is 0 Å². The van der Waals surface area contributed by atoms with Gasteiger partial charge < -0.3 is 27.8 Å². The number of pyridine rings is 1. The first-order valence-corrected chi connectivity index (χ1v) is 12.4. The molecule has 2 aliphatic heterocycles. The van der Waals surface area contributed by atoms with Crippen LogP contribution in [0, 0.1) is 5.82 Å². The zero-order valence-corrected chi connectivity index (χ0v) is 21.6. The molecule has 11 nitrogen and oxygen atoms in total. The Kier molecular flexibility index (Phi) is 9.34. The van der Waals surface area contributed by atoms with E-state index < -0.39 is 11.7 Å². The highest BCUT2D eigenvalue weighted by Gasteiger charge is 2.34. The Morgan fingerprint density at radius 2 is 1.86 bits per heavy atom. The summed E-state index contributed by atoms with van der Waals surface area (Å²) >= 11 is 11.9. The molecule has 2 amide bonds. The van der Waals surface area contributed by atoms with E-state index in [9.17, 15) is 14.0 Å². The third-order valence-electron chi connectivity index (χ3n) is 6.59. The molecule has 2 aliphatic rings. The van der Waals surface area contributed by atoms with E-state index >= 15 is 0 Å². The number of piperidine rings is 1. The summed E-state index contributed by atoms with van der Waals surface area (Å²) < 4.78 is 13.8. The smallest absolute Gasteiger partial charge is 0.271 e. The van der Waals surface area contributed by atoms with Crippen LogP contribution in [0.2, 0.25) is 5.15 Å². The monoisotopic (exact) mass is 543 g/mol. The molecule has 14 heteroatoms. The van der Waals surface area contributed by atoms with Crippen molar-refractivity contribution in [2.75, 3.05) is 45.0 Å². The summed E-state index contributed by atoms with van der Waals surface area (Å²) in [5, 5.41) is -0.173. The van der Waals surface area contributed by atoms with Crippen LogP contribution in [0.3, 0.4) is 0 Å². The molecule has 3 heterocycles. The number of rotatable bonds is 7. The van der Waals surface area contributed by atoms with Crippen molar-refractivity contribution in [3.05, 3.63) is 34.1 Å². The lowest BCUT2D eigenvalue weighted by Gasteiger charge is -2.47. The quantitative estimate of drug-likeness (QED) is 0.220. The van der Waals surface area contributed by atoms with E-state index in [1.54, 1.807) is 4.90 Å². The van der Waals surface area contributed by atoms with Gasteiger partial charge in [0, 0.05) is 44.8 Å². The fourth-order valence-electron chi connectivity index (χ4n) is 4.75. The molecular weight excluding hydrogens is 512 g/mol. The predicted molar refractivity (Wildman–Crippen MR) is 138 cm³/mol. The zero-order valence-electron chi connectivity index (χ0n) is 20.1. The van der Waals surface area contributed by atoms with Crippen LogP contribution in [0.5, 0.6) is 0 Å². The number of anilines is 1. The third-order valence-corrected chi connectivity index (χ3v) is 7.06. The first-order chi connectivity index (χ1) is 17.0. The summed E-state index contributed by atoms with van der Waals surface area (Å²) in [6, 6.07) is 1.64. The Labute approximate surface area is 219 Å². The van der Waals surface area contributed by atoms with Gasteiger partial charge >= 0.3 is 0 Å². The highest BCUT2D eigenvalue weighted by molar-refractivity contribution is 6.66. The van der Waals surface area contributed by atoms with Gasteiger partial charge in [0.05, 0.1) is 12.1 Å². The molecule has 0 aromatic carbocycles. The van der Waals surface area contributed by atoms with Crippen LogP contribution in [0.1, 0.15) is 36.5 Å². The molecule has 2 fully saturated rings. The topological polar surface area (TPSA) is 173 Å². The number of aliphatic imine (C=N–C) groups is 1. The van der Waals surface area contributed by atoms with Gasteiger partial charge in [-0.25, -0.2) is 14.4 Å². The number of halogens is 3. The van der Waals surface area contributed by atoms with E-state index in [-0.39, 0.29) is 45.2 Å². The summed E-state index contributed by atoms with van der Waals surface area (Å²) in [4.78, 5) is 38.4. The van der Waals surface area contributed by atoms with E-state index in [2.05, 4.69) is 26.7 Å². The molecule has 8 N–H and O–H groups in total. The molecule has 0 radical (unpaired) electrons. The Hall–Kier alpha value is -2.67. The summed E-state index contributed by atoms with van der Waals surface area (Å²) in [6.45, 7) is 5.87. The van der Waals surface area contributed by atoms with Gasteiger partial charge in [0.15, 0.2) is 16.7 Å². The molecule has 2 saturated heterocycles. The average Bonchev–Trinajstić information content (AvgIpc) is 2.84.